The Bertz CT molecular complexity index is 555. The molecule has 0 bridgehead atoms. The van der Waals surface area contributed by atoms with Crippen molar-refractivity contribution >= 4 is 21.7 Å². The molecule has 0 saturated heterocycles. The number of rotatable bonds is 4. The zero-order valence-electron chi connectivity index (χ0n) is 10.2. The second-order valence-electron chi connectivity index (χ2n) is 4.13. The summed E-state index contributed by atoms with van der Waals surface area (Å²) < 4.78 is 64.3. The van der Waals surface area contributed by atoms with Crippen LogP contribution >= 0.6 is 11.6 Å². The molecule has 0 heterocycles. The van der Waals surface area contributed by atoms with E-state index in [1.54, 1.807) is 0 Å². The van der Waals surface area contributed by atoms with E-state index in [4.69, 9.17) is 11.6 Å². The summed E-state index contributed by atoms with van der Waals surface area (Å²) in [7, 11) is -3.64. The number of alkyl halides is 3. The summed E-state index contributed by atoms with van der Waals surface area (Å²) in [5, 5.41) is -0.395. The molecule has 19 heavy (non-hydrogen) atoms. The largest absolute Gasteiger partial charge is 0.417 e. The van der Waals surface area contributed by atoms with Crippen molar-refractivity contribution in [1.29, 1.82) is 0 Å². The van der Waals surface area contributed by atoms with Crippen LogP contribution in [0.3, 0.4) is 0 Å². The summed E-state index contributed by atoms with van der Waals surface area (Å²) in [5.74, 6) is 0. The zero-order valence-corrected chi connectivity index (χ0v) is 11.7. The molecule has 1 atom stereocenters. The Hall–Kier alpha value is -0.790. The average molecular weight is 317 g/mol. The minimum Gasteiger partial charge on any atom is -0.267 e. The SMILES string of the molecule is CC(Cc1ccc(Cl)c(C(F)(F)F)c1)OS(C)(=O)=O. The number of halogens is 4. The van der Waals surface area contributed by atoms with Gasteiger partial charge in [-0.3, -0.25) is 4.18 Å². The van der Waals surface area contributed by atoms with E-state index in [0.717, 1.165) is 18.4 Å². The van der Waals surface area contributed by atoms with Crippen LogP contribution in [0.1, 0.15) is 18.1 Å². The number of hydrogen-bond donors (Lipinski definition) is 0. The number of hydrogen-bond acceptors (Lipinski definition) is 3. The summed E-state index contributed by atoms with van der Waals surface area (Å²) in [4.78, 5) is 0. The molecule has 0 saturated carbocycles. The van der Waals surface area contributed by atoms with Crippen molar-refractivity contribution in [2.75, 3.05) is 6.26 Å². The average Bonchev–Trinajstić information content (AvgIpc) is 2.16. The van der Waals surface area contributed by atoms with Crippen LogP contribution in [-0.4, -0.2) is 20.8 Å². The molecule has 1 aromatic carbocycles. The predicted molar refractivity (Wildman–Crippen MR) is 65.5 cm³/mol. The molecule has 0 aromatic heterocycles. The molecule has 3 nitrogen and oxygen atoms in total. The molecule has 0 N–H and O–H groups in total. The lowest BCUT2D eigenvalue weighted by molar-refractivity contribution is -0.137. The monoisotopic (exact) mass is 316 g/mol. The highest BCUT2D eigenvalue weighted by molar-refractivity contribution is 7.86. The van der Waals surface area contributed by atoms with Gasteiger partial charge in [-0.15, -0.1) is 0 Å². The van der Waals surface area contributed by atoms with Crippen LogP contribution in [0.5, 0.6) is 0 Å². The highest BCUT2D eigenvalue weighted by atomic mass is 35.5. The highest BCUT2D eigenvalue weighted by Crippen LogP contribution is 2.35. The molecule has 0 radical (unpaired) electrons. The van der Waals surface area contributed by atoms with Crippen LogP contribution in [0, 0.1) is 0 Å². The van der Waals surface area contributed by atoms with Crippen molar-refractivity contribution in [3.05, 3.63) is 34.3 Å². The normalized spacial score (nSPS) is 14.4. The maximum absolute atomic E-state index is 12.6. The van der Waals surface area contributed by atoms with Gasteiger partial charge in [-0.1, -0.05) is 17.7 Å². The Morgan fingerprint density at radius 1 is 1.37 bits per heavy atom. The fraction of sp³-hybridized carbons (Fsp3) is 0.455. The van der Waals surface area contributed by atoms with Crippen molar-refractivity contribution in [3.8, 4) is 0 Å². The molecule has 0 aliphatic heterocycles. The van der Waals surface area contributed by atoms with Gasteiger partial charge in [0.25, 0.3) is 10.1 Å². The van der Waals surface area contributed by atoms with Gasteiger partial charge < -0.3 is 0 Å². The van der Waals surface area contributed by atoms with Crippen LogP contribution in [-0.2, 0) is 26.9 Å². The van der Waals surface area contributed by atoms with Crippen LogP contribution < -0.4 is 0 Å². The second-order valence-corrected chi connectivity index (χ2v) is 6.13. The lowest BCUT2D eigenvalue weighted by atomic mass is 10.1. The summed E-state index contributed by atoms with van der Waals surface area (Å²) in [6.07, 6.45) is -4.38. The first-order valence-corrected chi connectivity index (χ1v) is 7.42. The summed E-state index contributed by atoms with van der Waals surface area (Å²) in [6, 6.07) is 3.43. The predicted octanol–water partition coefficient (Wildman–Crippen LogP) is 3.27. The van der Waals surface area contributed by atoms with Crippen molar-refractivity contribution in [3.63, 3.8) is 0 Å². The maximum atomic E-state index is 12.6. The van der Waals surface area contributed by atoms with Gasteiger partial charge >= 0.3 is 6.18 Å². The lowest BCUT2D eigenvalue weighted by Gasteiger charge is -2.14. The van der Waals surface area contributed by atoms with Gasteiger partial charge in [-0.05, 0) is 31.0 Å². The van der Waals surface area contributed by atoms with Gasteiger partial charge in [0.2, 0.25) is 0 Å². The molecular formula is C11H12ClF3O3S. The Morgan fingerprint density at radius 2 is 1.95 bits per heavy atom. The first kappa shape index (κ1) is 16.3. The van der Waals surface area contributed by atoms with Gasteiger partial charge in [-0.25, -0.2) is 0 Å². The molecule has 0 aliphatic carbocycles. The fourth-order valence-electron chi connectivity index (χ4n) is 1.58. The van der Waals surface area contributed by atoms with Crippen molar-refractivity contribution < 1.29 is 25.8 Å². The number of benzene rings is 1. The van der Waals surface area contributed by atoms with Gasteiger partial charge in [0.15, 0.2) is 0 Å². The van der Waals surface area contributed by atoms with E-state index >= 15 is 0 Å². The third-order valence-electron chi connectivity index (χ3n) is 2.20. The third kappa shape index (κ3) is 5.38. The fourth-order valence-corrected chi connectivity index (χ4v) is 2.47. The van der Waals surface area contributed by atoms with Gasteiger partial charge in [0, 0.05) is 0 Å². The van der Waals surface area contributed by atoms with E-state index in [2.05, 4.69) is 4.18 Å². The molecule has 0 amide bonds. The van der Waals surface area contributed by atoms with E-state index in [0.29, 0.717) is 5.56 Å². The van der Waals surface area contributed by atoms with Gasteiger partial charge in [0.05, 0.1) is 22.9 Å². The molecule has 8 heteroatoms. The maximum Gasteiger partial charge on any atom is 0.417 e. The van der Waals surface area contributed by atoms with Gasteiger partial charge in [0.1, 0.15) is 0 Å². The second kappa shape index (κ2) is 5.68. The Kier molecular flexibility index (Phi) is 4.86. The van der Waals surface area contributed by atoms with Crippen LogP contribution in [0.2, 0.25) is 5.02 Å². The van der Waals surface area contributed by atoms with Crippen molar-refractivity contribution in [1.82, 2.24) is 0 Å². The highest BCUT2D eigenvalue weighted by Gasteiger charge is 2.33. The Morgan fingerprint density at radius 3 is 2.42 bits per heavy atom. The van der Waals surface area contributed by atoms with E-state index in [-0.39, 0.29) is 6.42 Å². The molecule has 0 spiro atoms. The van der Waals surface area contributed by atoms with Gasteiger partial charge in [-0.2, -0.15) is 21.6 Å². The van der Waals surface area contributed by atoms with E-state index < -0.39 is 33.0 Å². The minimum absolute atomic E-state index is 0.0350. The molecule has 0 fully saturated rings. The van der Waals surface area contributed by atoms with E-state index in [1.807, 2.05) is 0 Å². The van der Waals surface area contributed by atoms with Crippen LogP contribution in [0.15, 0.2) is 18.2 Å². The van der Waals surface area contributed by atoms with Crippen molar-refractivity contribution in [2.45, 2.75) is 25.6 Å². The smallest absolute Gasteiger partial charge is 0.267 e. The first-order chi connectivity index (χ1) is 8.49. The molecule has 1 unspecified atom stereocenters. The topological polar surface area (TPSA) is 43.4 Å². The summed E-state index contributed by atoms with van der Waals surface area (Å²) in [5.41, 5.74) is -0.647. The molecule has 108 valence electrons. The van der Waals surface area contributed by atoms with E-state index in [9.17, 15) is 21.6 Å². The van der Waals surface area contributed by atoms with Crippen molar-refractivity contribution in [2.24, 2.45) is 0 Å². The first-order valence-electron chi connectivity index (χ1n) is 5.23. The quantitative estimate of drug-likeness (QED) is 0.801. The summed E-state index contributed by atoms with van der Waals surface area (Å²) in [6.45, 7) is 1.46. The van der Waals surface area contributed by atoms with Crippen LogP contribution in [0.4, 0.5) is 13.2 Å². The Balaban J connectivity index is 2.92. The standard InChI is InChI=1S/C11H12ClF3O3S/c1-7(18-19(2,16)17)5-8-3-4-10(12)9(6-8)11(13,14)15/h3-4,6-7H,5H2,1-2H3. The van der Waals surface area contributed by atoms with Crippen LogP contribution in [0.25, 0.3) is 0 Å². The molecule has 1 rings (SSSR count). The van der Waals surface area contributed by atoms with E-state index in [1.165, 1.54) is 13.0 Å². The third-order valence-corrected chi connectivity index (χ3v) is 3.21. The Labute approximate surface area is 114 Å². The molecule has 1 aromatic rings. The summed E-state index contributed by atoms with van der Waals surface area (Å²) >= 11 is 5.48. The minimum atomic E-state index is -4.55. The lowest BCUT2D eigenvalue weighted by Crippen LogP contribution is -2.17. The zero-order chi connectivity index (χ0) is 14.8. The molecule has 0 aliphatic rings. The molecular weight excluding hydrogens is 305 g/mol.